The number of likely N-dealkylation sites (tertiary alicyclic amines) is 1. The summed E-state index contributed by atoms with van der Waals surface area (Å²) in [7, 11) is 0. The molecule has 1 aliphatic carbocycles. The molecule has 1 heterocycles. The maximum Gasteiger partial charge on any atom is 0.310 e. The van der Waals surface area contributed by atoms with Crippen LogP contribution in [0.1, 0.15) is 44.6 Å². The molecule has 2 fully saturated rings. The molecule has 2 aliphatic rings. The van der Waals surface area contributed by atoms with Crippen molar-refractivity contribution in [3.8, 4) is 0 Å². The van der Waals surface area contributed by atoms with Gasteiger partial charge in [0, 0.05) is 26.2 Å². The molecule has 150 valence electrons. The molecule has 3 unspecified atom stereocenters. The van der Waals surface area contributed by atoms with Crippen molar-refractivity contribution in [2.75, 3.05) is 32.8 Å². The van der Waals surface area contributed by atoms with E-state index in [4.69, 9.17) is 9.73 Å². The van der Waals surface area contributed by atoms with Gasteiger partial charge in [-0.3, -0.25) is 9.79 Å². The van der Waals surface area contributed by atoms with Crippen LogP contribution in [0.2, 0.25) is 0 Å². The number of ether oxygens (including phenoxy) is 1. The van der Waals surface area contributed by atoms with Crippen LogP contribution in [0.25, 0.3) is 0 Å². The number of hydrogen-bond donors (Lipinski definition) is 1. The normalized spacial score (nSPS) is 24.7. The number of halogens is 1. The van der Waals surface area contributed by atoms with Crippen LogP contribution in [0.15, 0.2) is 35.3 Å². The zero-order valence-corrected chi connectivity index (χ0v) is 18.7. The molecule has 0 spiro atoms. The van der Waals surface area contributed by atoms with E-state index in [0.29, 0.717) is 25.0 Å². The number of esters is 1. The van der Waals surface area contributed by atoms with E-state index in [1.807, 2.05) is 6.92 Å². The number of carbonyl (C=O) groups excluding carboxylic acids is 1. The van der Waals surface area contributed by atoms with Gasteiger partial charge in [-0.15, -0.1) is 24.0 Å². The Bertz CT molecular complexity index is 623. The van der Waals surface area contributed by atoms with Gasteiger partial charge in [-0.05, 0) is 50.5 Å². The second-order valence-electron chi connectivity index (χ2n) is 7.24. The van der Waals surface area contributed by atoms with Crippen LogP contribution in [0.3, 0.4) is 0 Å². The first kappa shape index (κ1) is 22.0. The molecule has 0 radical (unpaired) electrons. The predicted molar refractivity (Wildman–Crippen MR) is 120 cm³/mol. The van der Waals surface area contributed by atoms with Crippen molar-refractivity contribution in [2.24, 2.45) is 16.8 Å². The van der Waals surface area contributed by atoms with E-state index in [0.717, 1.165) is 38.4 Å². The topological polar surface area (TPSA) is 53.9 Å². The van der Waals surface area contributed by atoms with Crippen LogP contribution in [-0.4, -0.2) is 49.6 Å². The molecule has 5 nitrogen and oxygen atoms in total. The van der Waals surface area contributed by atoms with E-state index in [-0.39, 0.29) is 35.9 Å². The van der Waals surface area contributed by atoms with Gasteiger partial charge in [0.15, 0.2) is 5.96 Å². The fourth-order valence-corrected chi connectivity index (χ4v) is 3.81. The smallest absolute Gasteiger partial charge is 0.310 e. The Kier molecular flexibility index (Phi) is 8.86. The van der Waals surface area contributed by atoms with E-state index in [9.17, 15) is 4.79 Å². The van der Waals surface area contributed by atoms with Gasteiger partial charge in [-0.2, -0.15) is 0 Å². The minimum absolute atomic E-state index is 0. The summed E-state index contributed by atoms with van der Waals surface area (Å²) in [6.07, 6.45) is 3.13. The quantitative estimate of drug-likeness (QED) is 0.289. The van der Waals surface area contributed by atoms with Gasteiger partial charge in [0.25, 0.3) is 0 Å². The highest BCUT2D eigenvalue weighted by atomic mass is 127. The van der Waals surface area contributed by atoms with Crippen LogP contribution in [0.5, 0.6) is 0 Å². The summed E-state index contributed by atoms with van der Waals surface area (Å²) in [4.78, 5) is 19.2. The lowest BCUT2D eigenvalue weighted by Gasteiger charge is -2.34. The van der Waals surface area contributed by atoms with Crippen molar-refractivity contribution < 1.29 is 9.53 Å². The first-order valence-corrected chi connectivity index (χ1v) is 9.97. The molecular weight excluding hydrogens is 453 g/mol. The SMILES string of the molecule is CCNC(=NCC1CC1c1ccccc1)N1CCCC(C(=O)OCC)C1.I. The van der Waals surface area contributed by atoms with Crippen molar-refractivity contribution in [2.45, 2.75) is 39.0 Å². The lowest BCUT2D eigenvalue weighted by molar-refractivity contribution is -0.149. The molecule has 3 rings (SSSR count). The Balaban J connectivity index is 0.00000261. The second-order valence-corrected chi connectivity index (χ2v) is 7.24. The minimum Gasteiger partial charge on any atom is -0.466 e. The minimum atomic E-state index is -0.0700. The highest BCUT2D eigenvalue weighted by Gasteiger charge is 2.38. The summed E-state index contributed by atoms with van der Waals surface area (Å²) in [6.45, 7) is 7.75. The average molecular weight is 485 g/mol. The van der Waals surface area contributed by atoms with Crippen LogP contribution in [0, 0.1) is 11.8 Å². The van der Waals surface area contributed by atoms with Crippen LogP contribution in [-0.2, 0) is 9.53 Å². The summed E-state index contributed by atoms with van der Waals surface area (Å²) in [5.74, 6) is 2.12. The fourth-order valence-electron chi connectivity index (χ4n) is 3.81. The number of nitrogens with zero attached hydrogens (tertiary/aromatic N) is 2. The average Bonchev–Trinajstić information content (AvgIpc) is 3.46. The van der Waals surface area contributed by atoms with Gasteiger partial charge in [-0.1, -0.05) is 30.3 Å². The molecule has 3 atom stereocenters. The first-order chi connectivity index (χ1) is 12.7. The zero-order chi connectivity index (χ0) is 18.4. The third kappa shape index (κ3) is 6.09. The molecule has 6 heteroatoms. The molecule has 0 amide bonds. The Morgan fingerprint density at radius 3 is 2.78 bits per heavy atom. The number of aliphatic imine (C=N–C) groups is 1. The maximum absolute atomic E-state index is 12.1. The number of hydrogen-bond acceptors (Lipinski definition) is 3. The standard InChI is InChI=1S/C21H31N3O2.HI/c1-3-22-21(24-12-8-11-17(15-24)20(25)26-4-2)23-14-18-13-19(18)16-9-6-5-7-10-16;/h5-7,9-10,17-19H,3-4,8,11-15H2,1-2H3,(H,22,23);1H. The lowest BCUT2D eigenvalue weighted by atomic mass is 9.98. The zero-order valence-electron chi connectivity index (χ0n) is 16.4. The molecule has 1 N–H and O–H groups in total. The Hall–Kier alpha value is -1.31. The van der Waals surface area contributed by atoms with E-state index < -0.39 is 0 Å². The molecule has 1 aromatic carbocycles. The molecule has 1 saturated heterocycles. The number of guanidine groups is 1. The number of piperidine rings is 1. The van der Waals surface area contributed by atoms with E-state index in [1.165, 1.54) is 12.0 Å². The molecule has 1 aliphatic heterocycles. The van der Waals surface area contributed by atoms with E-state index in [1.54, 1.807) is 0 Å². The Labute approximate surface area is 180 Å². The largest absolute Gasteiger partial charge is 0.466 e. The van der Waals surface area contributed by atoms with Crippen molar-refractivity contribution in [3.05, 3.63) is 35.9 Å². The first-order valence-electron chi connectivity index (χ1n) is 9.97. The monoisotopic (exact) mass is 485 g/mol. The summed E-state index contributed by atoms with van der Waals surface area (Å²) >= 11 is 0. The highest BCUT2D eigenvalue weighted by Crippen LogP contribution is 2.47. The molecule has 27 heavy (non-hydrogen) atoms. The van der Waals surface area contributed by atoms with Crippen molar-refractivity contribution in [1.82, 2.24) is 10.2 Å². The van der Waals surface area contributed by atoms with Crippen molar-refractivity contribution in [1.29, 1.82) is 0 Å². The summed E-state index contributed by atoms with van der Waals surface area (Å²) in [5, 5.41) is 3.41. The molecule has 0 aromatic heterocycles. The van der Waals surface area contributed by atoms with Gasteiger partial charge in [0.1, 0.15) is 0 Å². The molecular formula is C21H32IN3O2. The number of benzene rings is 1. The summed E-state index contributed by atoms with van der Waals surface area (Å²) < 4.78 is 5.21. The van der Waals surface area contributed by atoms with Gasteiger partial charge in [0.2, 0.25) is 0 Å². The second kappa shape index (κ2) is 10.9. The number of rotatable bonds is 6. The Morgan fingerprint density at radius 1 is 1.30 bits per heavy atom. The van der Waals surface area contributed by atoms with Gasteiger partial charge < -0.3 is 15.0 Å². The molecule has 1 saturated carbocycles. The van der Waals surface area contributed by atoms with E-state index in [2.05, 4.69) is 47.5 Å². The van der Waals surface area contributed by atoms with Crippen LogP contribution < -0.4 is 5.32 Å². The molecule has 1 aromatic rings. The predicted octanol–water partition coefficient (Wildman–Crippen LogP) is 3.65. The van der Waals surface area contributed by atoms with Crippen molar-refractivity contribution in [3.63, 3.8) is 0 Å². The summed E-state index contributed by atoms with van der Waals surface area (Å²) in [5.41, 5.74) is 1.43. The number of carbonyl (C=O) groups is 1. The van der Waals surface area contributed by atoms with Gasteiger partial charge in [0.05, 0.1) is 12.5 Å². The third-order valence-electron chi connectivity index (χ3n) is 5.30. The fraction of sp³-hybridized carbons (Fsp3) is 0.619. The molecule has 0 bridgehead atoms. The van der Waals surface area contributed by atoms with Crippen molar-refractivity contribution >= 4 is 35.9 Å². The van der Waals surface area contributed by atoms with Crippen LogP contribution >= 0.6 is 24.0 Å². The van der Waals surface area contributed by atoms with Gasteiger partial charge in [-0.25, -0.2) is 0 Å². The lowest BCUT2D eigenvalue weighted by Crippen LogP contribution is -2.48. The maximum atomic E-state index is 12.1. The van der Waals surface area contributed by atoms with Crippen LogP contribution in [0.4, 0.5) is 0 Å². The van der Waals surface area contributed by atoms with Gasteiger partial charge >= 0.3 is 5.97 Å². The third-order valence-corrected chi connectivity index (χ3v) is 5.30. The Morgan fingerprint density at radius 2 is 2.07 bits per heavy atom. The van der Waals surface area contributed by atoms with E-state index >= 15 is 0 Å². The highest BCUT2D eigenvalue weighted by molar-refractivity contribution is 14.0. The summed E-state index contributed by atoms with van der Waals surface area (Å²) in [6, 6.07) is 10.7. The number of nitrogens with one attached hydrogen (secondary N) is 1.